The first kappa shape index (κ1) is 16.2. The second kappa shape index (κ2) is 8.29. The number of rotatable bonds is 7. The second-order valence-electron chi connectivity index (χ2n) is 6.36. The van der Waals surface area contributed by atoms with E-state index in [9.17, 15) is 0 Å². The molecule has 2 rings (SSSR count). The maximum atomic E-state index is 5.55. The van der Waals surface area contributed by atoms with E-state index >= 15 is 0 Å². The minimum absolute atomic E-state index is 0.605. The third-order valence-corrected chi connectivity index (χ3v) is 3.71. The third kappa shape index (κ3) is 5.59. The predicted octanol–water partition coefficient (Wildman–Crippen LogP) is 2.08. The van der Waals surface area contributed by atoms with E-state index in [-0.39, 0.29) is 0 Å². The monoisotopic (exact) mass is 292 g/mol. The molecule has 5 nitrogen and oxygen atoms in total. The summed E-state index contributed by atoms with van der Waals surface area (Å²) in [6, 6.07) is 0. The number of hydrogen-bond acceptors (Lipinski definition) is 5. The minimum atomic E-state index is 0.605. The van der Waals surface area contributed by atoms with Gasteiger partial charge in [0.15, 0.2) is 0 Å². The average molecular weight is 292 g/mol. The van der Waals surface area contributed by atoms with Crippen LogP contribution in [-0.4, -0.2) is 43.3 Å². The zero-order valence-corrected chi connectivity index (χ0v) is 13.5. The lowest BCUT2D eigenvalue weighted by atomic mass is 10.0. The first-order valence-electron chi connectivity index (χ1n) is 7.95. The summed E-state index contributed by atoms with van der Waals surface area (Å²) in [7, 11) is 2.09. The van der Waals surface area contributed by atoms with Crippen LogP contribution in [0.5, 0.6) is 0 Å². The largest absolute Gasteiger partial charge is 0.381 e. The highest BCUT2D eigenvalue weighted by molar-refractivity contribution is 5.35. The number of hydrogen-bond donors (Lipinski definition) is 1. The van der Waals surface area contributed by atoms with Gasteiger partial charge in [-0.3, -0.25) is 4.98 Å². The molecule has 1 fully saturated rings. The highest BCUT2D eigenvalue weighted by atomic mass is 16.5. The third-order valence-electron chi connectivity index (χ3n) is 3.71. The number of anilines is 1. The van der Waals surface area contributed by atoms with Crippen molar-refractivity contribution in [1.29, 1.82) is 0 Å². The highest BCUT2D eigenvalue weighted by Gasteiger charge is 2.17. The van der Waals surface area contributed by atoms with Gasteiger partial charge in [0.1, 0.15) is 5.82 Å². The Morgan fingerprint density at radius 2 is 2.29 bits per heavy atom. The van der Waals surface area contributed by atoms with Gasteiger partial charge in [0.2, 0.25) is 0 Å². The molecule has 1 aromatic rings. The SMILES string of the molecule is CC(C)CNCc1cncc(N(C)CC2CCCOC2)n1. The Hall–Kier alpha value is -1.20. The lowest BCUT2D eigenvalue weighted by Crippen LogP contribution is -2.31. The van der Waals surface area contributed by atoms with Gasteiger partial charge in [-0.05, 0) is 31.2 Å². The summed E-state index contributed by atoms with van der Waals surface area (Å²) in [6.45, 7) is 8.95. The van der Waals surface area contributed by atoms with Gasteiger partial charge in [0, 0.05) is 32.9 Å². The maximum absolute atomic E-state index is 5.55. The van der Waals surface area contributed by atoms with Crippen LogP contribution in [0.15, 0.2) is 12.4 Å². The highest BCUT2D eigenvalue weighted by Crippen LogP contribution is 2.17. The van der Waals surface area contributed by atoms with E-state index in [1.54, 1.807) is 0 Å². The van der Waals surface area contributed by atoms with E-state index < -0.39 is 0 Å². The van der Waals surface area contributed by atoms with Gasteiger partial charge in [-0.15, -0.1) is 0 Å². The van der Waals surface area contributed by atoms with Crippen molar-refractivity contribution in [2.45, 2.75) is 33.2 Å². The van der Waals surface area contributed by atoms with Gasteiger partial charge < -0.3 is 15.0 Å². The molecule has 2 heterocycles. The Morgan fingerprint density at radius 3 is 3.00 bits per heavy atom. The van der Waals surface area contributed by atoms with E-state index in [1.165, 1.54) is 12.8 Å². The van der Waals surface area contributed by atoms with Crippen molar-refractivity contribution in [3.8, 4) is 0 Å². The fraction of sp³-hybridized carbons (Fsp3) is 0.750. The van der Waals surface area contributed by atoms with E-state index in [4.69, 9.17) is 9.72 Å². The van der Waals surface area contributed by atoms with Gasteiger partial charge in [-0.1, -0.05) is 13.8 Å². The molecule has 1 aliphatic rings. The van der Waals surface area contributed by atoms with E-state index in [1.807, 2.05) is 12.4 Å². The molecule has 0 spiro atoms. The molecule has 0 aliphatic carbocycles. The number of nitrogens with zero attached hydrogens (tertiary/aromatic N) is 3. The molecule has 1 aliphatic heterocycles. The average Bonchev–Trinajstić information content (AvgIpc) is 2.48. The summed E-state index contributed by atoms with van der Waals surface area (Å²) >= 11 is 0. The lowest BCUT2D eigenvalue weighted by molar-refractivity contribution is 0.0576. The minimum Gasteiger partial charge on any atom is -0.381 e. The molecule has 1 atom stereocenters. The van der Waals surface area contributed by atoms with E-state index in [2.05, 4.69) is 36.1 Å². The van der Waals surface area contributed by atoms with Crippen molar-refractivity contribution < 1.29 is 4.74 Å². The number of ether oxygens (including phenoxy) is 1. The smallest absolute Gasteiger partial charge is 0.147 e. The van der Waals surface area contributed by atoms with Gasteiger partial charge in [-0.2, -0.15) is 0 Å². The topological polar surface area (TPSA) is 50.3 Å². The molecular weight excluding hydrogens is 264 g/mol. The Kier molecular flexibility index (Phi) is 6.39. The van der Waals surface area contributed by atoms with Crippen LogP contribution >= 0.6 is 0 Å². The lowest BCUT2D eigenvalue weighted by Gasteiger charge is -2.27. The second-order valence-corrected chi connectivity index (χ2v) is 6.36. The summed E-state index contributed by atoms with van der Waals surface area (Å²) in [6.07, 6.45) is 6.10. The molecule has 0 saturated carbocycles. The van der Waals surface area contributed by atoms with Gasteiger partial charge in [0.25, 0.3) is 0 Å². The summed E-state index contributed by atoms with van der Waals surface area (Å²) in [5, 5.41) is 3.41. The van der Waals surface area contributed by atoms with Crippen LogP contribution in [0.2, 0.25) is 0 Å². The first-order chi connectivity index (χ1) is 10.1. The summed E-state index contributed by atoms with van der Waals surface area (Å²) in [4.78, 5) is 11.2. The fourth-order valence-corrected chi connectivity index (χ4v) is 2.59. The van der Waals surface area contributed by atoms with Crippen molar-refractivity contribution in [3.05, 3.63) is 18.1 Å². The molecule has 0 aromatic carbocycles. The molecule has 1 N–H and O–H groups in total. The van der Waals surface area contributed by atoms with Gasteiger partial charge in [0.05, 0.1) is 18.5 Å². The number of nitrogens with one attached hydrogen (secondary N) is 1. The molecule has 0 radical (unpaired) electrons. The molecule has 1 aromatic heterocycles. The van der Waals surface area contributed by atoms with E-state index in [0.29, 0.717) is 11.8 Å². The van der Waals surface area contributed by atoms with E-state index in [0.717, 1.165) is 44.4 Å². The van der Waals surface area contributed by atoms with Crippen LogP contribution < -0.4 is 10.2 Å². The van der Waals surface area contributed by atoms with Crippen molar-refractivity contribution in [1.82, 2.24) is 15.3 Å². The van der Waals surface area contributed by atoms with Crippen LogP contribution in [0.25, 0.3) is 0 Å². The Bertz CT molecular complexity index is 418. The van der Waals surface area contributed by atoms with Crippen molar-refractivity contribution in [3.63, 3.8) is 0 Å². The Balaban J connectivity index is 1.86. The van der Waals surface area contributed by atoms with Crippen LogP contribution in [0.3, 0.4) is 0 Å². The zero-order valence-electron chi connectivity index (χ0n) is 13.5. The Morgan fingerprint density at radius 1 is 1.43 bits per heavy atom. The van der Waals surface area contributed by atoms with Gasteiger partial charge in [-0.25, -0.2) is 4.98 Å². The first-order valence-corrected chi connectivity index (χ1v) is 7.95. The van der Waals surface area contributed by atoms with Crippen molar-refractivity contribution in [2.75, 3.05) is 38.3 Å². The summed E-state index contributed by atoms with van der Waals surface area (Å²) in [5.74, 6) is 2.20. The molecular formula is C16H28N4O. The van der Waals surface area contributed by atoms with Crippen LogP contribution in [0.1, 0.15) is 32.4 Å². The Labute approximate surface area is 128 Å². The van der Waals surface area contributed by atoms with Gasteiger partial charge >= 0.3 is 0 Å². The summed E-state index contributed by atoms with van der Waals surface area (Å²) in [5.41, 5.74) is 1.000. The molecule has 1 saturated heterocycles. The van der Waals surface area contributed by atoms with Crippen molar-refractivity contribution >= 4 is 5.82 Å². The number of aromatic nitrogens is 2. The molecule has 1 unspecified atom stereocenters. The molecule has 118 valence electrons. The predicted molar refractivity (Wildman–Crippen MR) is 85.4 cm³/mol. The molecule has 21 heavy (non-hydrogen) atoms. The van der Waals surface area contributed by atoms with Crippen molar-refractivity contribution in [2.24, 2.45) is 11.8 Å². The quantitative estimate of drug-likeness (QED) is 0.834. The standard InChI is InChI=1S/C16H28N4O/c1-13(2)7-17-8-15-9-18-10-16(19-15)20(3)11-14-5-4-6-21-12-14/h9-10,13-14,17H,4-8,11-12H2,1-3H3. The van der Waals surface area contributed by atoms with Crippen LogP contribution in [-0.2, 0) is 11.3 Å². The summed E-state index contributed by atoms with van der Waals surface area (Å²) < 4.78 is 5.55. The van der Waals surface area contributed by atoms with Crippen LogP contribution in [0, 0.1) is 11.8 Å². The van der Waals surface area contributed by atoms with Crippen LogP contribution in [0.4, 0.5) is 5.82 Å². The molecule has 5 heteroatoms. The fourth-order valence-electron chi connectivity index (χ4n) is 2.59. The zero-order chi connectivity index (χ0) is 15.1. The maximum Gasteiger partial charge on any atom is 0.147 e. The normalized spacial score (nSPS) is 19.0. The molecule has 0 bridgehead atoms. The molecule has 0 amide bonds.